The van der Waals surface area contributed by atoms with Crippen LogP contribution in [0.3, 0.4) is 0 Å². The molecule has 0 spiro atoms. The second-order valence-electron chi connectivity index (χ2n) is 6.34. The van der Waals surface area contributed by atoms with Gasteiger partial charge in [0, 0.05) is 45.2 Å². The maximum Gasteiger partial charge on any atom is 0.254 e. The van der Waals surface area contributed by atoms with Crippen LogP contribution in [0.15, 0.2) is 18.2 Å². The predicted octanol–water partition coefficient (Wildman–Crippen LogP) is 1.97. The molecule has 0 aliphatic carbocycles. The fourth-order valence-electron chi connectivity index (χ4n) is 3.17. The molecule has 0 N–H and O–H groups in total. The van der Waals surface area contributed by atoms with Crippen LogP contribution in [-0.4, -0.2) is 57.3 Å². The number of aromatic nitrogens is 2. The van der Waals surface area contributed by atoms with Gasteiger partial charge in [-0.05, 0) is 31.5 Å². The Labute approximate surface area is 142 Å². The second kappa shape index (κ2) is 6.63. The minimum atomic E-state index is 0.0165. The summed E-state index contributed by atoms with van der Waals surface area (Å²) >= 11 is 0. The molecule has 0 atom stereocenters. The summed E-state index contributed by atoms with van der Waals surface area (Å²) in [4.78, 5) is 32.8. The summed E-state index contributed by atoms with van der Waals surface area (Å²) in [7, 11) is 1.97. The van der Waals surface area contributed by atoms with Crippen molar-refractivity contribution in [3.8, 4) is 0 Å². The van der Waals surface area contributed by atoms with Gasteiger partial charge in [-0.1, -0.05) is 6.92 Å². The van der Waals surface area contributed by atoms with Gasteiger partial charge in [0.15, 0.2) is 0 Å². The maximum atomic E-state index is 12.7. The van der Waals surface area contributed by atoms with Crippen LogP contribution < -0.4 is 0 Å². The number of carbonyl (C=O) groups excluding carboxylic acids is 2. The molecule has 6 nitrogen and oxygen atoms in total. The van der Waals surface area contributed by atoms with Gasteiger partial charge in [0.2, 0.25) is 5.91 Å². The van der Waals surface area contributed by atoms with Crippen molar-refractivity contribution in [1.82, 2.24) is 19.4 Å². The molecule has 1 fully saturated rings. The lowest BCUT2D eigenvalue weighted by Gasteiger charge is -2.34. The van der Waals surface area contributed by atoms with Crippen LogP contribution in [-0.2, 0) is 11.8 Å². The SMILES string of the molecule is CCCC(=O)N1CCN(C(=O)c2ccc3c(c2)nc(C)n3C)CC1. The molecule has 0 radical (unpaired) electrons. The second-order valence-corrected chi connectivity index (χ2v) is 6.34. The molecule has 3 rings (SSSR count). The molecule has 1 saturated heterocycles. The summed E-state index contributed by atoms with van der Waals surface area (Å²) in [6.45, 7) is 6.38. The van der Waals surface area contributed by atoms with E-state index < -0.39 is 0 Å². The lowest BCUT2D eigenvalue weighted by Crippen LogP contribution is -2.50. The lowest BCUT2D eigenvalue weighted by molar-refractivity contribution is -0.132. The molecule has 128 valence electrons. The summed E-state index contributed by atoms with van der Waals surface area (Å²) in [5.74, 6) is 1.13. The summed E-state index contributed by atoms with van der Waals surface area (Å²) < 4.78 is 2.02. The summed E-state index contributed by atoms with van der Waals surface area (Å²) in [5, 5.41) is 0. The van der Waals surface area contributed by atoms with E-state index in [1.54, 1.807) is 0 Å². The van der Waals surface area contributed by atoms with Crippen molar-refractivity contribution in [3.63, 3.8) is 0 Å². The number of benzene rings is 1. The third kappa shape index (κ3) is 3.00. The number of hydrogen-bond acceptors (Lipinski definition) is 3. The summed E-state index contributed by atoms with van der Waals surface area (Å²) in [5.41, 5.74) is 2.53. The van der Waals surface area contributed by atoms with Crippen LogP contribution in [0.2, 0.25) is 0 Å². The predicted molar refractivity (Wildman–Crippen MR) is 92.8 cm³/mol. The van der Waals surface area contributed by atoms with Crippen LogP contribution >= 0.6 is 0 Å². The number of hydrogen-bond donors (Lipinski definition) is 0. The van der Waals surface area contributed by atoms with Gasteiger partial charge in [-0.2, -0.15) is 0 Å². The van der Waals surface area contributed by atoms with Crippen LogP contribution in [0.25, 0.3) is 11.0 Å². The van der Waals surface area contributed by atoms with Crippen LogP contribution in [0.4, 0.5) is 0 Å². The highest BCUT2D eigenvalue weighted by Gasteiger charge is 2.24. The maximum absolute atomic E-state index is 12.7. The molecule has 2 amide bonds. The largest absolute Gasteiger partial charge is 0.339 e. The van der Waals surface area contributed by atoms with Gasteiger partial charge in [-0.15, -0.1) is 0 Å². The van der Waals surface area contributed by atoms with Gasteiger partial charge in [-0.25, -0.2) is 4.98 Å². The van der Waals surface area contributed by atoms with Gasteiger partial charge in [0.25, 0.3) is 5.91 Å². The van der Waals surface area contributed by atoms with E-state index in [1.165, 1.54) is 0 Å². The van der Waals surface area contributed by atoms with Crippen LogP contribution in [0.5, 0.6) is 0 Å². The topological polar surface area (TPSA) is 58.4 Å². The molecule has 1 aliphatic heterocycles. The van der Waals surface area contributed by atoms with Gasteiger partial charge < -0.3 is 14.4 Å². The zero-order valence-electron chi connectivity index (χ0n) is 14.6. The van der Waals surface area contributed by atoms with Crippen molar-refractivity contribution in [2.45, 2.75) is 26.7 Å². The van der Waals surface area contributed by atoms with Crippen molar-refractivity contribution in [1.29, 1.82) is 0 Å². The molecule has 0 saturated carbocycles. The highest BCUT2D eigenvalue weighted by molar-refractivity contribution is 5.97. The number of amides is 2. The molecule has 24 heavy (non-hydrogen) atoms. The van der Waals surface area contributed by atoms with E-state index in [9.17, 15) is 9.59 Å². The number of fused-ring (bicyclic) bond motifs is 1. The quantitative estimate of drug-likeness (QED) is 0.865. The molecule has 2 heterocycles. The number of rotatable bonds is 3. The fraction of sp³-hybridized carbons (Fsp3) is 0.500. The van der Waals surface area contributed by atoms with Crippen molar-refractivity contribution in [3.05, 3.63) is 29.6 Å². The first kappa shape index (κ1) is 16.5. The Kier molecular flexibility index (Phi) is 4.55. The Balaban J connectivity index is 1.70. The van der Waals surface area contributed by atoms with E-state index in [4.69, 9.17) is 0 Å². The molecule has 0 bridgehead atoms. The Morgan fingerprint density at radius 2 is 1.79 bits per heavy atom. The van der Waals surface area contributed by atoms with Crippen LogP contribution in [0.1, 0.15) is 35.9 Å². The fourth-order valence-corrected chi connectivity index (χ4v) is 3.17. The summed E-state index contributed by atoms with van der Waals surface area (Å²) in [6.07, 6.45) is 1.45. The number of aryl methyl sites for hydroxylation is 2. The highest BCUT2D eigenvalue weighted by Crippen LogP contribution is 2.18. The molecular formula is C18H24N4O2. The zero-order chi connectivity index (χ0) is 17.3. The van der Waals surface area contributed by atoms with Crippen molar-refractivity contribution >= 4 is 22.8 Å². The van der Waals surface area contributed by atoms with E-state index in [2.05, 4.69) is 4.98 Å². The van der Waals surface area contributed by atoms with E-state index in [-0.39, 0.29) is 11.8 Å². The van der Waals surface area contributed by atoms with Crippen molar-refractivity contribution < 1.29 is 9.59 Å². The average Bonchev–Trinajstić information content (AvgIpc) is 2.88. The van der Waals surface area contributed by atoms with Gasteiger partial charge >= 0.3 is 0 Å². The molecule has 1 aromatic heterocycles. The first-order chi connectivity index (χ1) is 11.5. The Bertz CT molecular complexity index is 773. The monoisotopic (exact) mass is 328 g/mol. The van der Waals surface area contributed by atoms with Gasteiger partial charge in [0.1, 0.15) is 5.82 Å². The van der Waals surface area contributed by atoms with E-state index in [0.717, 1.165) is 23.3 Å². The average molecular weight is 328 g/mol. The Morgan fingerprint density at radius 1 is 1.12 bits per heavy atom. The number of piperazine rings is 1. The normalized spacial score (nSPS) is 15.1. The summed E-state index contributed by atoms with van der Waals surface area (Å²) in [6, 6.07) is 5.67. The number of nitrogens with zero attached hydrogens (tertiary/aromatic N) is 4. The first-order valence-corrected chi connectivity index (χ1v) is 8.51. The molecule has 0 unspecified atom stereocenters. The van der Waals surface area contributed by atoms with E-state index in [1.807, 2.05) is 53.5 Å². The molecule has 1 aromatic carbocycles. The van der Waals surface area contributed by atoms with Gasteiger partial charge in [-0.3, -0.25) is 9.59 Å². The third-order valence-corrected chi connectivity index (χ3v) is 4.73. The third-order valence-electron chi connectivity index (χ3n) is 4.73. The smallest absolute Gasteiger partial charge is 0.254 e. The molecular weight excluding hydrogens is 304 g/mol. The lowest BCUT2D eigenvalue weighted by atomic mass is 10.1. The first-order valence-electron chi connectivity index (χ1n) is 8.51. The van der Waals surface area contributed by atoms with E-state index in [0.29, 0.717) is 38.2 Å². The zero-order valence-corrected chi connectivity index (χ0v) is 14.6. The van der Waals surface area contributed by atoms with Crippen molar-refractivity contribution in [2.75, 3.05) is 26.2 Å². The van der Waals surface area contributed by atoms with E-state index >= 15 is 0 Å². The number of carbonyl (C=O) groups is 2. The number of imidazole rings is 1. The van der Waals surface area contributed by atoms with Gasteiger partial charge in [0.05, 0.1) is 11.0 Å². The minimum Gasteiger partial charge on any atom is -0.339 e. The Hall–Kier alpha value is -2.37. The minimum absolute atomic E-state index is 0.0165. The molecule has 1 aliphatic rings. The highest BCUT2D eigenvalue weighted by atomic mass is 16.2. The van der Waals surface area contributed by atoms with Crippen LogP contribution in [0, 0.1) is 6.92 Å². The standard InChI is InChI=1S/C18H24N4O2/c1-4-5-17(23)21-8-10-22(11-9-21)18(24)14-6-7-16-15(12-14)19-13(2)20(16)3/h6-7,12H,4-5,8-11H2,1-3H3. The Morgan fingerprint density at radius 3 is 2.46 bits per heavy atom. The molecule has 6 heteroatoms. The molecule has 2 aromatic rings. The van der Waals surface area contributed by atoms with Crippen molar-refractivity contribution in [2.24, 2.45) is 7.05 Å².